The molecule has 1 aliphatic carbocycles. The van der Waals surface area contributed by atoms with Gasteiger partial charge in [0.05, 0.1) is 19.8 Å². The van der Waals surface area contributed by atoms with Gasteiger partial charge in [-0.05, 0) is 42.8 Å². The summed E-state index contributed by atoms with van der Waals surface area (Å²) in [5.74, 6) is -0.211. The Morgan fingerprint density at radius 2 is 1.76 bits per heavy atom. The number of benzene rings is 1. The van der Waals surface area contributed by atoms with Gasteiger partial charge in [0, 0.05) is 19.4 Å². The Hall–Kier alpha value is -1.24. The van der Waals surface area contributed by atoms with Crippen LogP contribution in [0.2, 0.25) is 0 Å². The number of thiocarbonyl (C=S) groups is 1. The van der Waals surface area contributed by atoms with Crippen molar-refractivity contribution in [1.29, 1.82) is 0 Å². The summed E-state index contributed by atoms with van der Waals surface area (Å²) in [5.41, 5.74) is 1.31. The molecule has 1 aromatic rings. The first kappa shape index (κ1) is 18.5. The third kappa shape index (κ3) is 5.12. The van der Waals surface area contributed by atoms with Crippen LogP contribution in [-0.4, -0.2) is 43.5 Å². The molecule has 0 amide bonds. The molecule has 6 heteroatoms. The zero-order valence-corrected chi connectivity index (χ0v) is 15.6. The van der Waals surface area contributed by atoms with E-state index < -0.39 is 0 Å². The quantitative estimate of drug-likeness (QED) is 0.689. The summed E-state index contributed by atoms with van der Waals surface area (Å²) in [6.07, 6.45) is 6.48. The van der Waals surface area contributed by atoms with Crippen molar-refractivity contribution >= 4 is 17.3 Å². The number of halogens is 1. The number of ether oxygens (including phenoxy) is 1. The van der Waals surface area contributed by atoms with Crippen molar-refractivity contribution in [2.45, 2.75) is 44.2 Å². The van der Waals surface area contributed by atoms with Crippen molar-refractivity contribution in [3.05, 3.63) is 35.6 Å². The highest BCUT2D eigenvalue weighted by molar-refractivity contribution is 7.80. The van der Waals surface area contributed by atoms with Crippen molar-refractivity contribution in [3.63, 3.8) is 0 Å². The molecule has 0 aromatic heterocycles. The normalized spacial score (nSPS) is 20.8. The summed E-state index contributed by atoms with van der Waals surface area (Å²) < 4.78 is 18.5. The minimum absolute atomic E-state index is 0.211. The van der Waals surface area contributed by atoms with E-state index in [0.29, 0.717) is 11.7 Å². The van der Waals surface area contributed by atoms with Gasteiger partial charge in [0.15, 0.2) is 5.11 Å². The van der Waals surface area contributed by atoms with E-state index in [1.54, 1.807) is 17.0 Å². The molecule has 2 aliphatic rings. The van der Waals surface area contributed by atoms with E-state index in [2.05, 4.69) is 10.6 Å². The van der Waals surface area contributed by atoms with E-state index in [0.717, 1.165) is 38.4 Å². The Labute approximate surface area is 155 Å². The molecule has 0 atom stereocenters. The second-order valence-electron chi connectivity index (χ2n) is 7.22. The summed E-state index contributed by atoms with van der Waals surface area (Å²) in [7, 11) is 0. The standard InChI is InChI=1S/C19H28FN3OS/c20-17-6-4-16(5-7-17)14-21-18(25)22-15-19(8-2-1-3-9-19)23-10-12-24-13-11-23/h4-7H,1-3,8-15H2,(H2,21,22,25)/p+1. The van der Waals surface area contributed by atoms with E-state index in [4.69, 9.17) is 17.0 Å². The predicted octanol–water partition coefficient (Wildman–Crippen LogP) is 1.41. The summed E-state index contributed by atoms with van der Waals surface area (Å²) in [6.45, 7) is 5.45. The maximum atomic E-state index is 13.0. The van der Waals surface area contributed by atoms with Gasteiger partial charge in [-0.25, -0.2) is 4.39 Å². The first-order valence-corrected chi connectivity index (χ1v) is 9.78. The molecular weight excluding hydrogens is 337 g/mol. The largest absolute Gasteiger partial charge is 0.370 e. The average Bonchev–Trinajstić information content (AvgIpc) is 2.67. The topological polar surface area (TPSA) is 37.7 Å². The fourth-order valence-electron chi connectivity index (χ4n) is 4.13. The van der Waals surface area contributed by atoms with Gasteiger partial charge >= 0.3 is 0 Å². The highest BCUT2D eigenvalue weighted by Crippen LogP contribution is 2.25. The van der Waals surface area contributed by atoms with Gasteiger partial charge in [-0.15, -0.1) is 0 Å². The molecule has 1 aliphatic heterocycles. The van der Waals surface area contributed by atoms with Crippen LogP contribution in [0.5, 0.6) is 0 Å². The van der Waals surface area contributed by atoms with E-state index in [1.165, 1.54) is 44.2 Å². The second-order valence-corrected chi connectivity index (χ2v) is 7.63. The van der Waals surface area contributed by atoms with Gasteiger partial charge in [-0.1, -0.05) is 18.6 Å². The highest BCUT2D eigenvalue weighted by atomic mass is 32.1. The third-order valence-corrected chi connectivity index (χ3v) is 5.90. The van der Waals surface area contributed by atoms with Gasteiger partial charge in [-0.3, -0.25) is 0 Å². The zero-order chi connectivity index (χ0) is 17.5. The van der Waals surface area contributed by atoms with Crippen LogP contribution >= 0.6 is 12.2 Å². The van der Waals surface area contributed by atoms with Crippen molar-refractivity contribution < 1.29 is 14.0 Å². The summed E-state index contributed by atoms with van der Waals surface area (Å²) in [6, 6.07) is 6.52. The number of rotatable bonds is 5. The van der Waals surface area contributed by atoms with E-state index in [-0.39, 0.29) is 11.4 Å². The van der Waals surface area contributed by atoms with E-state index in [9.17, 15) is 4.39 Å². The molecular formula is C19H29FN3OS+. The summed E-state index contributed by atoms with van der Waals surface area (Å²) >= 11 is 5.47. The number of morpholine rings is 1. The average molecular weight is 367 g/mol. The summed E-state index contributed by atoms with van der Waals surface area (Å²) in [4.78, 5) is 1.67. The smallest absolute Gasteiger partial charge is 0.166 e. The lowest BCUT2D eigenvalue weighted by atomic mass is 9.80. The van der Waals surface area contributed by atoms with E-state index >= 15 is 0 Å². The molecule has 1 heterocycles. The first-order chi connectivity index (χ1) is 12.2. The molecule has 4 nitrogen and oxygen atoms in total. The Kier molecular flexibility index (Phi) is 6.62. The SMILES string of the molecule is Fc1ccc(CNC(=S)NCC2([NH+]3CCOCC3)CCCCC2)cc1. The molecule has 1 aromatic carbocycles. The fraction of sp³-hybridized carbons (Fsp3) is 0.632. The van der Waals surface area contributed by atoms with Crippen molar-refractivity contribution in [2.24, 2.45) is 0 Å². The molecule has 138 valence electrons. The van der Waals surface area contributed by atoms with Crippen LogP contribution in [-0.2, 0) is 11.3 Å². The number of nitrogens with one attached hydrogen (secondary N) is 3. The molecule has 1 saturated heterocycles. The highest BCUT2D eigenvalue weighted by Gasteiger charge is 2.42. The van der Waals surface area contributed by atoms with Crippen LogP contribution < -0.4 is 15.5 Å². The minimum Gasteiger partial charge on any atom is -0.370 e. The van der Waals surface area contributed by atoms with Gasteiger partial charge in [0.25, 0.3) is 0 Å². The number of hydrogen-bond acceptors (Lipinski definition) is 2. The lowest BCUT2D eigenvalue weighted by molar-refractivity contribution is -0.960. The molecule has 0 radical (unpaired) electrons. The maximum Gasteiger partial charge on any atom is 0.166 e. The van der Waals surface area contributed by atoms with Gasteiger partial charge in [0.1, 0.15) is 24.4 Å². The van der Waals surface area contributed by atoms with Crippen molar-refractivity contribution in [2.75, 3.05) is 32.8 Å². The lowest BCUT2D eigenvalue weighted by Crippen LogP contribution is -3.23. The Bertz CT molecular complexity index is 554. The zero-order valence-electron chi connectivity index (χ0n) is 14.8. The van der Waals surface area contributed by atoms with Crippen LogP contribution in [0.3, 0.4) is 0 Å². The summed E-state index contributed by atoms with van der Waals surface area (Å²) in [5, 5.41) is 7.38. The van der Waals surface area contributed by atoms with Crippen molar-refractivity contribution in [1.82, 2.24) is 10.6 Å². The Morgan fingerprint density at radius 3 is 2.44 bits per heavy atom. The monoisotopic (exact) mass is 366 g/mol. The Balaban J connectivity index is 1.51. The predicted molar refractivity (Wildman–Crippen MR) is 101 cm³/mol. The van der Waals surface area contributed by atoms with E-state index in [1.807, 2.05) is 0 Å². The van der Waals surface area contributed by atoms with Crippen LogP contribution in [0.15, 0.2) is 24.3 Å². The van der Waals surface area contributed by atoms with Crippen LogP contribution in [0, 0.1) is 5.82 Å². The van der Waals surface area contributed by atoms with Gasteiger partial charge in [-0.2, -0.15) is 0 Å². The molecule has 0 unspecified atom stereocenters. The maximum absolute atomic E-state index is 13.0. The molecule has 2 fully saturated rings. The minimum atomic E-state index is -0.211. The van der Waals surface area contributed by atoms with Crippen LogP contribution in [0.25, 0.3) is 0 Å². The molecule has 25 heavy (non-hydrogen) atoms. The van der Waals surface area contributed by atoms with Gasteiger partial charge in [0.2, 0.25) is 0 Å². The third-order valence-electron chi connectivity index (χ3n) is 5.61. The van der Waals surface area contributed by atoms with Crippen LogP contribution in [0.1, 0.15) is 37.7 Å². The van der Waals surface area contributed by atoms with Crippen LogP contribution in [0.4, 0.5) is 4.39 Å². The molecule has 3 rings (SSSR count). The Morgan fingerprint density at radius 1 is 1.08 bits per heavy atom. The molecule has 1 saturated carbocycles. The second kappa shape index (κ2) is 8.92. The van der Waals surface area contributed by atoms with Crippen molar-refractivity contribution in [3.8, 4) is 0 Å². The number of quaternary nitrogens is 1. The molecule has 0 bridgehead atoms. The molecule has 0 spiro atoms. The first-order valence-electron chi connectivity index (χ1n) is 9.37. The molecule has 3 N–H and O–H groups in total. The lowest BCUT2D eigenvalue weighted by Gasteiger charge is -2.45. The van der Waals surface area contributed by atoms with Gasteiger partial charge < -0.3 is 20.3 Å². The fourth-order valence-corrected chi connectivity index (χ4v) is 4.27. The number of hydrogen-bond donors (Lipinski definition) is 3.